The van der Waals surface area contributed by atoms with Gasteiger partial charge in [-0.1, -0.05) is 12.1 Å². The fourth-order valence-corrected chi connectivity index (χ4v) is 8.76. The van der Waals surface area contributed by atoms with Gasteiger partial charge >= 0.3 is 18.4 Å². The first-order chi connectivity index (χ1) is 21.9. The molecule has 3 amide bonds. The van der Waals surface area contributed by atoms with Crippen LogP contribution in [0.15, 0.2) is 42.5 Å². The van der Waals surface area contributed by atoms with E-state index in [4.69, 9.17) is 0 Å². The first kappa shape index (κ1) is 34.9. The second kappa shape index (κ2) is 12.9. The summed E-state index contributed by atoms with van der Waals surface area (Å²) in [6.45, 7) is 0.623. The van der Waals surface area contributed by atoms with Gasteiger partial charge in [-0.05, 0) is 68.0 Å². The number of rotatable bonds is 5. The molecular weight excluding hydrogens is 657 g/mol. The highest BCUT2D eigenvalue weighted by Gasteiger charge is 2.44. The summed E-state index contributed by atoms with van der Waals surface area (Å²) in [5.74, 6) is -1.52. The predicted octanol–water partition coefficient (Wildman–Crippen LogP) is 5.94. The number of carbonyl (C=O) groups is 2. The largest absolute Gasteiger partial charge is 0.416 e. The van der Waals surface area contributed by atoms with Crippen molar-refractivity contribution in [2.24, 2.45) is 5.92 Å². The molecule has 2 atom stereocenters. The van der Waals surface area contributed by atoms with Crippen LogP contribution in [0.1, 0.15) is 54.7 Å². The molecule has 2 aromatic carbocycles. The van der Waals surface area contributed by atoms with Gasteiger partial charge in [0.2, 0.25) is 15.9 Å². The Hall–Kier alpha value is -3.40. The van der Waals surface area contributed by atoms with E-state index in [1.165, 1.54) is 40.5 Å². The molecule has 1 aliphatic carbocycles. The molecule has 3 aliphatic rings. The Labute approximate surface area is 268 Å². The Bertz CT molecular complexity index is 1560. The van der Waals surface area contributed by atoms with E-state index in [1.54, 1.807) is 4.90 Å². The molecular formula is C31H35F7N4O4S. The highest BCUT2D eigenvalue weighted by molar-refractivity contribution is 7.89. The number of benzene rings is 2. The number of likely N-dealkylation sites (N-methyl/N-ethyl adjacent to an activating group) is 1. The topological polar surface area (TPSA) is 81.2 Å². The van der Waals surface area contributed by atoms with Crippen molar-refractivity contribution in [2.45, 2.75) is 62.5 Å². The van der Waals surface area contributed by atoms with Crippen LogP contribution in [0.3, 0.4) is 0 Å². The molecule has 47 heavy (non-hydrogen) atoms. The molecule has 2 saturated heterocycles. The van der Waals surface area contributed by atoms with Crippen LogP contribution >= 0.6 is 0 Å². The van der Waals surface area contributed by atoms with Gasteiger partial charge in [-0.3, -0.25) is 9.69 Å². The van der Waals surface area contributed by atoms with Crippen LogP contribution in [-0.4, -0.2) is 86.0 Å². The number of sulfonamides is 1. The minimum absolute atomic E-state index is 0.0198. The number of anilines is 1. The predicted molar refractivity (Wildman–Crippen MR) is 158 cm³/mol. The van der Waals surface area contributed by atoms with Gasteiger partial charge in [0.05, 0.1) is 22.9 Å². The number of amides is 3. The summed E-state index contributed by atoms with van der Waals surface area (Å²) in [4.78, 5) is 30.9. The lowest BCUT2D eigenvalue weighted by atomic mass is 9.85. The molecule has 0 unspecified atom stereocenters. The Morgan fingerprint density at radius 2 is 1.43 bits per heavy atom. The van der Waals surface area contributed by atoms with E-state index in [0.717, 1.165) is 7.05 Å². The van der Waals surface area contributed by atoms with Gasteiger partial charge in [0, 0.05) is 57.3 Å². The summed E-state index contributed by atoms with van der Waals surface area (Å²) in [5, 5.41) is 0. The first-order valence-electron chi connectivity index (χ1n) is 15.2. The van der Waals surface area contributed by atoms with Crippen LogP contribution in [0.5, 0.6) is 0 Å². The van der Waals surface area contributed by atoms with Crippen LogP contribution in [0.4, 0.5) is 41.2 Å². The van der Waals surface area contributed by atoms with Gasteiger partial charge in [-0.2, -0.15) is 30.6 Å². The molecule has 258 valence electrons. The Balaban J connectivity index is 1.36. The van der Waals surface area contributed by atoms with E-state index in [1.807, 2.05) is 0 Å². The fourth-order valence-electron chi connectivity index (χ4n) is 6.96. The third-order valence-electron chi connectivity index (χ3n) is 9.54. The third-order valence-corrected chi connectivity index (χ3v) is 11.5. The average molecular weight is 693 g/mol. The van der Waals surface area contributed by atoms with Crippen LogP contribution in [0.2, 0.25) is 0 Å². The number of likely N-dealkylation sites (tertiary alicyclic amines) is 1. The molecule has 16 heteroatoms. The molecule has 1 saturated carbocycles. The van der Waals surface area contributed by atoms with Gasteiger partial charge in [0.25, 0.3) is 0 Å². The molecule has 0 aromatic heterocycles. The summed E-state index contributed by atoms with van der Waals surface area (Å²) < 4.78 is 121. The second-order valence-corrected chi connectivity index (χ2v) is 14.5. The van der Waals surface area contributed by atoms with Crippen LogP contribution in [-0.2, 0) is 27.2 Å². The first-order valence-corrected chi connectivity index (χ1v) is 16.8. The Kier molecular flexibility index (Phi) is 9.58. The van der Waals surface area contributed by atoms with E-state index in [2.05, 4.69) is 0 Å². The van der Waals surface area contributed by atoms with Gasteiger partial charge in [-0.15, -0.1) is 0 Å². The van der Waals surface area contributed by atoms with Crippen molar-refractivity contribution in [2.75, 3.05) is 44.4 Å². The van der Waals surface area contributed by atoms with Crippen LogP contribution < -0.4 is 4.90 Å². The molecule has 2 heterocycles. The normalized spacial score (nSPS) is 25.2. The maximum Gasteiger partial charge on any atom is 0.416 e. The van der Waals surface area contributed by atoms with Crippen molar-refractivity contribution in [3.05, 3.63) is 65.0 Å². The summed E-state index contributed by atoms with van der Waals surface area (Å²) in [7, 11) is -0.871. The van der Waals surface area contributed by atoms with Crippen molar-refractivity contribution < 1.29 is 48.7 Å². The maximum atomic E-state index is 13.8. The van der Waals surface area contributed by atoms with Crippen molar-refractivity contribution in [3.63, 3.8) is 0 Å². The summed E-state index contributed by atoms with van der Waals surface area (Å²) in [5.41, 5.74) is -3.16. The zero-order chi connectivity index (χ0) is 34.5. The second-order valence-electron chi connectivity index (χ2n) is 12.5. The number of hydrogen-bond acceptors (Lipinski definition) is 4. The molecule has 0 spiro atoms. The lowest BCUT2D eigenvalue weighted by molar-refractivity contribution is -0.143. The Morgan fingerprint density at radius 3 is 1.94 bits per heavy atom. The van der Waals surface area contributed by atoms with Gasteiger partial charge < -0.3 is 9.80 Å². The zero-order valence-corrected chi connectivity index (χ0v) is 26.5. The monoisotopic (exact) mass is 692 g/mol. The van der Waals surface area contributed by atoms with Crippen molar-refractivity contribution in [1.29, 1.82) is 0 Å². The van der Waals surface area contributed by atoms with Crippen molar-refractivity contribution >= 4 is 27.6 Å². The lowest BCUT2D eigenvalue weighted by Gasteiger charge is -2.34. The molecule has 0 radical (unpaired) electrons. The summed E-state index contributed by atoms with van der Waals surface area (Å²) >= 11 is 0. The Morgan fingerprint density at radius 1 is 0.851 bits per heavy atom. The van der Waals surface area contributed by atoms with Gasteiger partial charge in [-0.25, -0.2) is 17.6 Å². The van der Waals surface area contributed by atoms with E-state index < -0.39 is 68.9 Å². The molecule has 5 rings (SSSR count). The summed E-state index contributed by atoms with van der Waals surface area (Å²) in [6, 6.07) is 4.54. The number of nitrogens with zero attached hydrogens (tertiary/aromatic N) is 4. The third kappa shape index (κ3) is 7.37. The molecule has 8 nitrogen and oxygen atoms in total. The molecule has 2 aliphatic heterocycles. The molecule has 3 fully saturated rings. The standard InChI is InChI=1S/C31H35F7N4O4S/c1-39(25-15-21(30(33,34)35)14-22(16-25)31(36,37)38)29(44)40(2)27-18-41(17-26(27)19-4-8-23(32)9-5-19)28(43)20-6-10-24(11-7-20)42-12-3-13-47(42,45)46/h4-5,8-9,14-16,20,24,26-27H,3,6-7,10-13,17-18H2,1-2H3/t20-,24-,26-,27+/m0/s1. The minimum Gasteiger partial charge on any atom is -0.340 e. The smallest absolute Gasteiger partial charge is 0.340 e. The van der Waals surface area contributed by atoms with E-state index in [-0.39, 0.29) is 36.9 Å². The van der Waals surface area contributed by atoms with Crippen LogP contribution in [0, 0.1) is 11.7 Å². The van der Waals surface area contributed by atoms with E-state index >= 15 is 0 Å². The van der Waals surface area contributed by atoms with Crippen molar-refractivity contribution in [3.8, 4) is 0 Å². The van der Waals surface area contributed by atoms with E-state index in [0.29, 0.717) is 61.2 Å². The SMILES string of the molecule is CN(C(=O)N(C)[C@@H]1CN(C(=O)[C@H]2CC[C@H](N3CCCS3(=O)=O)CC2)C[C@H]1c1ccc(F)cc1)c1cc(C(F)(F)F)cc(C(F)(F)F)c1. The number of hydrogen-bond donors (Lipinski definition) is 0. The minimum atomic E-state index is -5.10. The number of carbonyl (C=O) groups excluding carboxylic acids is 2. The quantitative estimate of drug-likeness (QED) is 0.364. The summed E-state index contributed by atoms with van der Waals surface area (Å²) in [6.07, 6.45) is -7.66. The maximum absolute atomic E-state index is 13.8. The molecule has 2 aromatic rings. The van der Waals surface area contributed by atoms with Crippen LogP contribution in [0.25, 0.3) is 0 Å². The highest BCUT2D eigenvalue weighted by Crippen LogP contribution is 2.40. The lowest BCUT2D eigenvalue weighted by Crippen LogP contribution is -2.48. The average Bonchev–Trinajstić information content (AvgIpc) is 3.62. The van der Waals surface area contributed by atoms with Crippen molar-refractivity contribution in [1.82, 2.24) is 14.1 Å². The van der Waals surface area contributed by atoms with E-state index in [9.17, 15) is 48.7 Å². The number of halogens is 7. The number of urea groups is 1. The molecule has 0 bridgehead atoms. The highest BCUT2D eigenvalue weighted by atomic mass is 32.2. The van der Waals surface area contributed by atoms with Gasteiger partial charge in [0.1, 0.15) is 5.82 Å². The fraction of sp³-hybridized carbons (Fsp3) is 0.548. The zero-order valence-electron chi connectivity index (χ0n) is 25.7. The number of alkyl halides is 6. The van der Waals surface area contributed by atoms with Gasteiger partial charge in [0.15, 0.2) is 0 Å². The molecule has 0 N–H and O–H groups in total.